The van der Waals surface area contributed by atoms with Crippen LogP contribution in [0.2, 0.25) is 0 Å². The van der Waals surface area contributed by atoms with E-state index in [1.165, 1.54) is 16.7 Å². The molecule has 0 aromatic heterocycles. The van der Waals surface area contributed by atoms with E-state index in [2.05, 4.69) is 24.3 Å². The van der Waals surface area contributed by atoms with Gasteiger partial charge in [-0.2, -0.15) is 0 Å². The van der Waals surface area contributed by atoms with E-state index in [0.717, 1.165) is 18.5 Å². The van der Waals surface area contributed by atoms with Crippen molar-refractivity contribution in [2.75, 3.05) is 13.7 Å². The van der Waals surface area contributed by atoms with Gasteiger partial charge in [0, 0.05) is 24.9 Å². The third-order valence-electron chi connectivity index (χ3n) is 4.08. The van der Waals surface area contributed by atoms with Crippen molar-refractivity contribution in [2.24, 2.45) is 0 Å². The predicted molar refractivity (Wildman–Crippen MR) is 74.5 cm³/mol. The van der Waals surface area contributed by atoms with Crippen LogP contribution in [0.1, 0.15) is 30.9 Å². The van der Waals surface area contributed by atoms with Gasteiger partial charge in [0.2, 0.25) is 5.91 Å². The number of carbonyl (C=O) groups is 1. The smallest absolute Gasteiger partial charge is 0.229 e. The van der Waals surface area contributed by atoms with Crippen molar-refractivity contribution < 1.29 is 9.53 Å². The third-order valence-corrected chi connectivity index (χ3v) is 4.08. The molecular formula is C16H19NO2. The van der Waals surface area contributed by atoms with Gasteiger partial charge in [0.1, 0.15) is 0 Å². The average Bonchev–Trinajstić information content (AvgIpc) is 2.43. The van der Waals surface area contributed by atoms with Crippen molar-refractivity contribution in [3.8, 4) is 0 Å². The van der Waals surface area contributed by atoms with Gasteiger partial charge in [-0.25, -0.2) is 0 Å². The van der Waals surface area contributed by atoms with Gasteiger partial charge in [-0.05, 0) is 30.9 Å². The van der Waals surface area contributed by atoms with Crippen molar-refractivity contribution >= 4 is 11.5 Å². The Labute approximate surface area is 113 Å². The predicted octanol–water partition coefficient (Wildman–Crippen LogP) is 2.61. The molecule has 1 aliphatic carbocycles. The number of carbonyl (C=O) groups excluding carboxylic acids is 1. The molecule has 0 bridgehead atoms. The highest BCUT2D eigenvalue weighted by Crippen LogP contribution is 2.39. The van der Waals surface area contributed by atoms with Gasteiger partial charge in [-0.1, -0.05) is 24.3 Å². The second-order valence-electron chi connectivity index (χ2n) is 5.12. The van der Waals surface area contributed by atoms with Crippen molar-refractivity contribution in [1.82, 2.24) is 4.90 Å². The Bertz CT molecular complexity index is 547. The van der Waals surface area contributed by atoms with Crippen molar-refractivity contribution in [3.05, 3.63) is 41.1 Å². The maximum absolute atomic E-state index is 12.1. The lowest BCUT2D eigenvalue weighted by Crippen LogP contribution is -2.39. The first-order valence-electron chi connectivity index (χ1n) is 6.91. The molecule has 0 saturated carbocycles. The van der Waals surface area contributed by atoms with Crippen LogP contribution >= 0.6 is 0 Å². The Kier molecular flexibility index (Phi) is 3.15. The van der Waals surface area contributed by atoms with E-state index in [4.69, 9.17) is 4.74 Å². The molecule has 0 N–H and O–H groups in total. The highest BCUT2D eigenvalue weighted by Gasteiger charge is 2.35. The quantitative estimate of drug-likeness (QED) is 0.815. The Morgan fingerprint density at radius 1 is 1.32 bits per heavy atom. The van der Waals surface area contributed by atoms with Crippen LogP contribution in [-0.2, 0) is 16.0 Å². The van der Waals surface area contributed by atoms with E-state index in [1.807, 2.05) is 18.9 Å². The van der Waals surface area contributed by atoms with Gasteiger partial charge in [0.25, 0.3) is 0 Å². The zero-order valence-corrected chi connectivity index (χ0v) is 11.5. The maximum Gasteiger partial charge on any atom is 0.229 e. The molecule has 0 saturated heterocycles. The normalized spacial score (nSPS) is 22.3. The molecule has 3 nitrogen and oxygen atoms in total. The fourth-order valence-corrected chi connectivity index (χ4v) is 3.14. The SMILES string of the molecule is CCOC1CC(=O)N(C)C2=C1c1ccccc1CC2. The first-order valence-corrected chi connectivity index (χ1v) is 6.91. The third kappa shape index (κ3) is 1.98. The molecule has 19 heavy (non-hydrogen) atoms. The number of nitrogens with zero attached hydrogens (tertiary/aromatic N) is 1. The molecule has 1 aromatic carbocycles. The lowest BCUT2D eigenvalue weighted by molar-refractivity contribution is -0.131. The minimum Gasteiger partial charge on any atom is -0.373 e. The minimum absolute atomic E-state index is 0.0786. The standard InChI is InChI=1S/C16H19NO2/c1-3-19-14-10-15(18)17(2)13-9-8-11-6-4-5-7-12(11)16(13)14/h4-7,14H,3,8-10H2,1-2H3. The van der Waals surface area contributed by atoms with Crippen LogP contribution in [0.3, 0.4) is 0 Å². The first-order chi connectivity index (χ1) is 9.22. The Hall–Kier alpha value is -1.61. The fraction of sp³-hybridized carbons (Fsp3) is 0.438. The van der Waals surface area contributed by atoms with Gasteiger partial charge >= 0.3 is 0 Å². The number of allylic oxidation sites excluding steroid dienone is 1. The topological polar surface area (TPSA) is 29.5 Å². The molecular weight excluding hydrogens is 238 g/mol. The van der Waals surface area contributed by atoms with Crippen molar-refractivity contribution in [1.29, 1.82) is 0 Å². The number of hydrogen-bond donors (Lipinski definition) is 0. The zero-order valence-electron chi connectivity index (χ0n) is 11.5. The Morgan fingerprint density at radius 3 is 2.89 bits per heavy atom. The number of fused-ring (bicyclic) bond motifs is 2. The van der Waals surface area contributed by atoms with Crippen molar-refractivity contribution in [2.45, 2.75) is 32.3 Å². The summed E-state index contributed by atoms with van der Waals surface area (Å²) in [5.41, 5.74) is 5.01. The van der Waals surface area contributed by atoms with Crippen LogP contribution in [0.15, 0.2) is 30.0 Å². The highest BCUT2D eigenvalue weighted by molar-refractivity contribution is 5.90. The molecule has 1 amide bonds. The van der Waals surface area contributed by atoms with Crippen LogP contribution in [0.4, 0.5) is 0 Å². The minimum atomic E-state index is -0.0786. The lowest BCUT2D eigenvalue weighted by atomic mass is 9.82. The van der Waals surface area contributed by atoms with Gasteiger partial charge in [0.05, 0.1) is 12.5 Å². The Balaban J connectivity index is 2.13. The van der Waals surface area contributed by atoms with Gasteiger partial charge in [-0.15, -0.1) is 0 Å². The van der Waals surface area contributed by atoms with E-state index < -0.39 is 0 Å². The monoisotopic (exact) mass is 257 g/mol. The molecule has 3 rings (SSSR count). The highest BCUT2D eigenvalue weighted by atomic mass is 16.5. The molecule has 100 valence electrons. The second kappa shape index (κ2) is 4.82. The molecule has 2 aliphatic rings. The summed E-state index contributed by atoms with van der Waals surface area (Å²) >= 11 is 0. The molecule has 0 spiro atoms. The van der Waals surface area contributed by atoms with E-state index in [1.54, 1.807) is 0 Å². The summed E-state index contributed by atoms with van der Waals surface area (Å²) in [6, 6.07) is 8.48. The molecule has 1 atom stereocenters. The number of amides is 1. The molecule has 1 unspecified atom stereocenters. The Morgan fingerprint density at radius 2 is 2.11 bits per heavy atom. The fourth-order valence-electron chi connectivity index (χ4n) is 3.14. The number of rotatable bonds is 2. The molecule has 1 aromatic rings. The van der Waals surface area contributed by atoms with E-state index >= 15 is 0 Å². The summed E-state index contributed by atoms with van der Waals surface area (Å²) < 4.78 is 5.82. The largest absolute Gasteiger partial charge is 0.373 e. The van der Waals surface area contributed by atoms with Crippen LogP contribution in [0.25, 0.3) is 5.57 Å². The summed E-state index contributed by atoms with van der Waals surface area (Å²) in [7, 11) is 1.88. The van der Waals surface area contributed by atoms with Gasteiger partial charge < -0.3 is 9.64 Å². The van der Waals surface area contributed by atoms with E-state index in [9.17, 15) is 4.79 Å². The van der Waals surface area contributed by atoms with Gasteiger partial charge in [0.15, 0.2) is 0 Å². The number of ether oxygens (including phenoxy) is 1. The summed E-state index contributed by atoms with van der Waals surface area (Å²) in [6.45, 7) is 2.62. The van der Waals surface area contributed by atoms with Crippen LogP contribution in [-0.4, -0.2) is 30.6 Å². The summed E-state index contributed by atoms with van der Waals surface area (Å²) in [5.74, 6) is 0.164. The summed E-state index contributed by atoms with van der Waals surface area (Å²) in [5, 5.41) is 0. The number of aryl methyl sites for hydroxylation is 1. The maximum atomic E-state index is 12.1. The molecule has 0 fully saturated rings. The molecule has 1 aliphatic heterocycles. The van der Waals surface area contributed by atoms with Gasteiger partial charge in [-0.3, -0.25) is 4.79 Å². The molecule has 1 heterocycles. The summed E-state index contributed by atoms with van der Waals surface area (Å²) in [6.07, 6.45) is 2.31. The zero-order chi connectivity index (χ0) is 13.4. The number of benzene rings is 1. The first kappa shape index (κ1) is 12.4. The van der Waals surface area contributed by atoms with Crippen LogP contribution in [0, 0.1) is 0 Å². The van der Waals surface area contributed by atoms with Crippen LogP contribution in [0.5, 0.6) is 0 Å². The lowest BCUT2D eigenvalue weighted by Gasteiger charge is -2.37. The van der Waals surface area contributed by atoms with E-state index in [-0.39, 0.29) is 12.0 Å². The van der Waals surface area contributed by atoms with Crippen molar-refractivity contribution in [3.63, 3.8) is 0 Å². The molecule has 0 radical (unpaired) electrons. The molecule has 3 heteroatoms. The van der Waals surface area contributed by atoms with E-state index in [0.29, 0.717) is 13.0 Å². The average molecular weight is 257 g/mol. The summed E-state index contributed by atoms with van der Waals surface area (Å²) in [4.78, 5) is 13.9. The second-order valence-corrected chi connectivity index (χ2v) is 5.12. The number of hydrogen-bond acceptors (Lipinski definition) is 2. The van der Waals surface area contributed by atoms with Crippen LogP contribution < -0.4 is 0 Å².